The number of Topliss-reactive ketones (excluding diaryl/α,β-unsaturated/α-hetero) is 1. The van der Waals surface area contributed by atoms with Gasteiger partial charge < -0.3 is 15.0 Å². The van der Waals surface area contributed by atoms with Gasteiger partial charge in [-0.25, -0.2) is 9.97 Å². The Labute approximate surface area is 207 Å². The molecule has 2 aromatic heterocycles. The fraction of sp³-hybridized carbons (Fsp3) is 0.423. The summed E-state index contributed by atoms with van der Waals surface area (Å²) in [7, 11) is 0. The van der Waals surface area contributed by atoms with Gasteiger partial charge in [-0.05, 0) is 55.0 Å². The van der Waals surface area contributed by atoms with Crippen molar-refractivity contribution in [1.82, 2.24) is 14.9 Å². The Hall–Kier alpha value is -3.33. The zero-order chi connectivity index (χ0) is 23.9. The van der Waals surface area contributed by atoms with Crippen molar-refractivity contribution in [3.05, 3.63) is 40.0 Å². The first-order valence-electron chi connectivity index (χ1n) is 12.2. The number of ketones is 1. The lowest BCUT2D eigenvalue weighted by Crippen LogP contribution is -2.43. The second-order valence-corrected chi connectivity index (χ2v) is 10.4. The number of amides is 1. The van der Waals surface area contributed by atoms with Crippen molar-refractivity contribution in [3.63, 3.8) is 0 Å². The summed E-state index contributed by atoms with van der Waals surface area (Å²) in [6.45, 7) is 4.34. The highest BCUT2D eigenvalue weighted by molar-refractivity contribution is 7.19. The highest BCUT2D eigenvalue weighted by Gasteiger charge is 2.33. The second kappa shape index (κ2) is 9.03. The molecule has 180 valence electrons. The van der Waals surface area contributed by atoms with E-state index in [0.717, 1.165) is 57.9 Å². The van der Waals surface area contributed by atoms with Crippen LogP contribution in [0.3, 0.4) is 0 Å². The van der Waals surface area contributed by atoms with Crippen molar-refractivity contribution in [2.45, 2.75) is 45.6 Å². The summed E-state index contributed by atoms with van der Waals surface area (Å²) in [5.74, 6) is 1.96. The van der Waals surface area contributed by atoms with Crippen molar-refractivity contribution in [3.8, 4) is 5.75 Å². The molecule has 35 heavy (non-hydrogen) atoms. The first kappa shape index (κ1) is 22.2. The van der Waals surface area contributed by atoms with Gasteiger partial charge in [-0.15, -0.1) is 11.3 Å². The average molecular weight is 490 g/mol. The molecule has 8 nitrogen and oxygen atoms in total. The summed E-state index contributed by atoms with van der Waals surface area (Å²) >= 11 is 1.66. The number of piperidine rings is 1. The minimum Gasteiger partial charge on any atom is -0.492 e. The summed E-state index contributed by atoms with van der Waals surface area (Å²) in [5, 5.41) is 4.56. The third-order valence-electron chi connectivity index (χ3n) is 7.11. The van der Waals surface area contributed by atoms with E-state index in [2.05, 4.69) is 32.4 Å². The molecule has 0 bridgehead atoms. The van der Waals surface area contributed by atoms with Crippen LogP contribution in [0.15, 0.2) is 23.5 Å². The maximum atomic E-state index is 13.1. The third-order valence-corrected chi connectivity index (χ3v) is 8.28. The van der Waals surface area contributed by atoms with E-state index in [-0.39, 0.29) is 17.6 Å². The van der Waals surface area contributed by atoms with E-state index in [1.807, 2.05) is 18.0 Å². The van der Waals surface area contributed by atoms with Crippen molar-refractivity contribution in [2.75, 3.05) is 25.0 Å². The monoisotopic (exact) mass is 489 g/mol. The Morgan fingerprint density at radius 2 is 2.09 bits per heavy atom. The Morgan fingerprint density at radius 3 is 2.91 bits per heavy atom. The van der Waals surface area contributed by atoms with Gasteiger partial charge in [0.2, 0.25) is 5.91 Å². The molecule has 4 heterocycles. The second-order valence-electron chi connectivity index (χ2n) is 9.28. The SMILES string of the molecule is CCOc1cc2c(cc1Nc1ncnc3sc4c(c13)CCC(C(=O)N1CCC(=O)CC1)C4)C=NC2. The topological polar surface area (TPSA) is 96.8 Å². The van der Waals surface area contributed by atoms with Gasteiger partial charge in [0, 0.05) is 42.9 Å². The molecule has 1 N–H and O–H groups in total. The van der Waals surface area contributed by atoms with Gasteiger partial charge in [0.05, 0.1) is 24.2 Å². The van der Waals surface area contributed by atoms with E-state index >= 15 is 0 Å². The maximum Gasteiger partial charge on any atom is 0.226 e. The zero-order valence-electron chi connectivity index (χ0n) is 19.7. The molecule has 6 rings (SSSR count). The standard InChI is InChI=1S/C26H27N5O3S/c1-2-34-21-10-17-13-27-12-16(17)9-20(21)30-24-23-19-4-3-15(11-22(19)35-25(23)29-14-28-24)26(33)31-7-5-18(32)6-8-31/h9-10,12,14-15H,2-8,11,13H2,1H3,(H,28,29,30). The number of fused-ring (bicyclic) bond motifs is 4. The normalized spacial score (nSPS) is 19.1. The number of aryl methyl sites for hydroxylation is 1. The number of nitrogens with zero attached hydrogens (tertiary/aromatic N) is 4. The van der Waals surface area contributed by atoms with Gasteiger partial charge >= 0.3 is 0 Å². The number of hydrogen-bond acceptors (Lipinski definition) is 8. The van der Waals surface area contributed by atoms with E-state index < -0.39 is 0 Å². The van der Waals surface area contributed by atoms with Gasteiger partial charge in [0.15, 0.2) is 0 Å². The van der Waals surface area contributed by atoms with E-state index in [4.69, 9.17) is 4.74 Å². The number of nitrogens with one attached hydrogen (secondary N) is 1. The van der Waals surface area contributed by atoms with Crippen LogP contribution in [0.1, 0.15) is 47.8 Å². The molecule has 1 aliphatic carbocycles. The van der Waals surface area contributed by atoms with Gasteiger partial charge in [0.25, 0.3) is 0 Å². The average Bonchev–Trinajstić information content (AvgIpc) is 3.48. The lowest BCUT2D eigenvalue weighted by Gasteiger charge is -2.31. The predicted molar refractivity (Wildman–Crippen MR) is 136 cm³/mol. The fourth-order valence-electron chi connectivity index (χ4n) is 5.29. The number of carbonyl (C=O) groups excluding carboxylic acids is 2. The Balaban J connectivity index is 1.29. The van der Waals surface area contributed by atoms with Gasteiger partial charge in [0.1, 0.15) is 28.5 Å². The van der Waals surface area contributed by atoms with E-state index in [1.165, 1.54) is 10.4 Å². The molecule has 1 amide bonds. The third kappa shape index (κ3) is 4.07. The molecule has 2 aliphatic heterocycles. The summed E-state index contributed by atoms with van der Waals surface area (Å²) in [4.78, 5) is 42.3. The first-order valence-corrected chi connectivity index (χ1v) is 13.0. The molecular weight excluding hydrogens is 462 g/mol. The predicted octanol–water partition coefficient (Wildman–Crippen LogP) is 4.06. The van der Waals surface area contributed by atoms with Crippen LogP contribution >= 0.6 is 11.3 Å². The summed E-state index contributed by atoms with van der Waals surface area (Å²) < 4.78 is 5.92. The number of carbonyl (C=O) groups is 2. The first-order chi connectivity index (χ1) is 17.1. The number of aliphatic imine (C=N–C) groups is 1. The van der Waals surface area contributed by atoms with Crippen molar-refractivity contribution in [2.24, 2.45) is 10.9 Å². The summed E-state index contributed by atoms with van der Waals surface area (Å²) in [5.41, 5.74) is 4.36. The number of anilines is 2. The van der Waals surface area contributed by atoms with Crippen molar-refractivity contribution < 1.29 is 14.3 Å². The van der Waals surface area contributed by atoms with E-state index in [9.17, 15) is 9.59 Å². The highest BCUT2D eigenvalue weighted by atomic mass is 32.1. The van der Waals surface area contributed by atoms with Crippen molar-refractivity contribution >= 4 is 51.0 Å². The lowest BCUT2D eigenvalue weighted by atomic mass is 9.86. The number of likely N-dealkylation sites (tertiary alicyclic amines) is 1. The van der Waals surface area contributed by atoms with Crippen LogP contribution < -0.4 is 10.1 Å². The fourth-order valence-corrected chi connectivity index (χ4v) is 6.56. The van der Waals surface area contributed by atoms with Crippen LogP contribution in [0.2, 0.25) is 0 Å². The lowest BCUT2D eigenvalue weighted by molar-refractivity contribution is -0.138. The number of thiophene rings is 1. The summed E-state index contributed by atoms with van der Waals surface area (Å²) in [6.07, 6.45) is 6.79. The van der Waals surface area contributed by atoms with Gasteiger partial charge in [-0.3, -0.25) is 14.6 Å². The van der Waals surface area contributed by atoms with Crippen LogP contribution in [0.25, 0.3) is 10.2 Å². The van der Waals surface area contributed by atoms with Crippen LogP contribution in [0, 0.1) is 5.92 Å². The molecule has 3 aliphatic rings. The molecule has 1 atom stereocenters. The Bertz CT molecular complexity index is 1350. The number of benzene rings is 1. The van der Waals surface area contributed by atoms with Gasteiger partial charge in [-0.1, -0.05) is 0 Å². The number of aromatic nitrogens is 2. The minimum atomic E-state index is -0.0336. The molecule has 0 saturated carbocycles. The molecule has 1 saturated heterocycles. The largest absolute Gasteiger partial charge is 0.492 e. The smallest absolute Gasteiger partial charge is 0.226 e. The summed E-state index contributed by atoms with van der Waals surface area (Å²) in [6, 6.07) is 4.13. The van der Waals surface area contributed by atoms with E-state index in [1.54, 1.807) is 17.7 Å². The number of ether oxygens (including phenoxy) is 1. The highest BCUT2D eigenvalue weighted by Crippen LogP contribution is 2.42. The number of rotatable bonds is 5. The number of hydrogen-bond donors (Lipinski definition) is 1. The van der Waals surface area contributed by atoms with Crippen molar-refractivity contribution in [1.29, 1.82) is 0 Å². The van der Waals surface area contributed by atoms with Crippen LogP contribution in [0.5, 0.6) is 5.75 Å². The molecule has 1 fully saturated rings. The quantitative estimate of drug-likeness (QED) is 0.581. The molecule has 1 aromatic carbocycles. The van der Waals surface area contributed by atoms with E-state index in [0.29, 0.717) is 39.1 Å². The minimum absolute atomic E-state index is 0.0336. The van der Waals surface area contributed by atoms with Crippen LogP contribution in [-0.2, 0) is 29.0 Å². The van der Waals surface area contributed by atoms with Gasteiger partial charge in [-0.2, -0.15) is 0 Å². The molecule has 9 heteroatoms. The molecule has 0 radical (unpaired) electrons. The molecule has 0 spiro atoms. The van der Waals surface area contributed by atoms with Crippen LogP contribution in [-0.4, -0.2) is 52.5 Å². The zero-order valence-corrected chi connectivity index (χ0v) is 20.5. The molecule has 3 aromatic rings. The molecule has 1 unspecified atom stereocenters. The maximum absolute atomic E-state index is 13.1. The molecular formula is C26H27N5O3S. The Morgan fingerprint density at radius 1 is 1.23 bits per heavy atom. The Kier molecular flexibility index (Phi) is 5.72. The van der Waals surface area contributed by atoms with Crippen LogP contribution in [0.4, 0.5) is 11.5 Å².